The van der Waals surface area contributed by atoms with Crippen molar-refractivity contribution in [2.75, 3.05) is 13.2 Å². The molecule has 1 atom stereocenters. The van der Waals surface area contributed by atoms with Crippen LogP contribution in [0.2, 0.25) is 0 Å². The molecule has 0 fully saturated rings. The lowest BCUT2D eigenvalue weighted by Gasteiger charge is -2.18. The first-order valence-corrected chi connectivity index (χ1v) is 32.2. The molecule has 0 aromatic heterocycles. The van der Waals surface area contributed by atoms with Gasteiger partial charge in [-0.25, -0.2) is 0 Å². The van der Waals surface area contributed by atoms with E-state index in [0.717, 1.165) is 109 Å². The fourth-order valence-corrected chi connectivity index (χ4v) is 8.97. The van der Waals surface area contributed by atoms with E-state index in [2.05, 4.69) is 118 Å². The Bertz CT molecular complexity index is 1490. The second kappa shape index (κ2) is 63.9. The number of rotatable bonds is 58. The summed E-state index contributed by atoms with van der Waals surface area (Å²) in [6, 6.07) is 0. The van der Waals surface area contributed by atoms with Crippen molar-refractivity contribution in [3.05, 3.63) is 97.2 Å². The largest absolute Gasteiger partial charge is 0.462 e. The molecule has 0 aliphatic rings. The molecule has 0 aromatic rings. The molecule has 0 amide bonds. The maximum absolute atomic E-state index is 12.9. The molecule has 0 bridgehead atoms. The van der Waals surface area contributed by atoms with E-state index in [1.807, 2.05) is 0 Å². The Morgan fingerprint density at radius 2 is 0.539 bits per heavy atom. The first-order valence-electron chi connectivity index (χ1n) is 32.2. The Kier molecular flexibility index (Phi) is 60.8. The van der Waals surface area contributed by atoms with Crippen LogP contribution in [0.3, 0.4) is 0 Å². The number of ether oxygens (including phenoxy) is 3. The van der Waals surface area contributed by atoms with Crippen molar-refractivity contribution in [3.8, 4) is 0 Å². The number of allylic oxidation sites excluding steroid dienone is 16. The average Bonchev–Trinajstić information content (AvgIpc) is 3.42. The van der Waals surface area contributed by atoms with Gasteiger partial charge in [-0.3, -0.25) is 14.4 Å². The third-order valence-corrected chi connectivity index (χ3v) is 13.8. The highest BCUT2D eigenvalue weighted by Gasteiger charge is 2.19. The van der Waals surface area contributed by atoms with Gasteiger partial charge in [0.2, 0.25) is 0 Å². The fraction of sp³-hybridized carbons (Fsp3) is 0.729. The van der Waals surface area contributed by atoms with Crippen molar-refractivity contribution >= 4 is 17.9 Å². The standard InChI is InChI=1S/C70H120O6/c1-4-7-10-13-16-19-22-24-26-28-30-31-32-33-34-35-36-37-38-39-41-42-44-46-48-51-54-57-60-63-69(72)75-66-67(65-74-68(71)62-59-56-53-50-21-18-15-12-9-6-3)76-70(73)64-61-58-55-52-49-47-45-43-40-29-27-25-23-20-17-14-11-8-5-2/h7,10,12,15-17,19-20,24-27,30-31,33-34,67H,4-6,8-9,11,13-14,18,21-23,28-29,32,35-66H2,1-3H3/b10-7-,15-12-,19-16-,20-17-,26-24-,27-25-,31-30-,34-33-. The van der Waals surface area contributed by atoms with E-state index in [1.165, 1.54) is 161 Å². The van der Waals surface area contributed by atoms with Crippen LogP contribution in [0.4, 0.5) is 0 Å². The van der Waals surface area contributed by atoms with Crippen LogP contribution in [0.25, 0.3) is 0 Å². The van der Waals surface area contributed by atoms with Gasteiger partial charge in [-0.05, 0) is 116 Å². The first-order chi connectivity index (χ1) is 37.5. The smallest absolute Gasteiger partial charge is 0.306 e. The van der Waals surface area contributed by atoms with Crippen LogP contribution in [-0.4, -0.2) is 37.2 Å². The van der Waals surface area contributed by atoms with Crippen molar-refractivity contribution in [1.82, 2.24) is 0 Å². The lowest BCUT2D eigenvalue weighted by atomic mass is 10.0. The predicted octanol–water partition coefficient (Wildman–Crippen LogP) is 22.0. The molecule has 0 aliphatic carbocycles. The van der Waals surface area contributed by atoms with Crippen molar-refractivity contribution in [2.45, 2.75) is 316 Å². The number of carbonyl (C=O) groups excluding carboxylic acids is 3. The highest BCUT2D eigenvalue weighted by molar-refractivity contribution is 5.71. The third-order valence-electron chi connectivity index (χ3n) is 13.8. The highest BCUT2D eigenvalue weighted by atomic mass is 16.6. The Morgan fingerprint density at radius 3 is 0.868 bits per heavy atom. The fourth-order valence-electron chi connectivity index (χ4n) is 8.97. The van der Waals surface area contributed by atoms with Gasteiger partial charge in [0.1, 0.15) is 13.2 Å². The zero-order chi connectivity index (χ0) is 55.0. The van der Waals surface area contributed by atoms with Crippen LogP contribution in [0.1, 0.15) is 310 Å². The normalized spacial score (nSPS) is 12.7. The minimum atomic E-state index is -0.783. The van der Waals surface area contributed by atoms with Crippen LogP contribution < -0.4 is 0 Å². The predicted molar refractivity (Wildman–Crippen MR) is 330 cm³/mol. The Morgan fingerprint density at radius 1 is 0.276 bits per heavy atom. The van der Waals surface area contributed by atoms with Crippen LogP contribution in [0.5, 0.6) is 0 Å². The van der Waals surface area contributed by atoms with Crippen LogP contribution in [0, 0.1) is 0 Å². The summed E-state index contributed by atoms with van der Waals surface area (Å²) in [5.74, 6) is -0.888. The molecule has 0 rings (SSSR count). The van der Waals surface area contributed by atoms with Gasteiger partial charge in [0.15, 0.2) is 6.10 Å². The topological polar surface area (TPSA) is 78.9 Å². The summed E-state index contributed by atoms with van der Waals surface area (Å²) in [5.41, 5.74) is 0. The lowest BCUT2D eigenvalue weighted by Crippen LogP contribution is -2.30. The zero-order valence-corrected chi connectivity index (χ0v) is 50.0. The van der Waals surface area contributed by atoms with Crippen molar-refractivity contribution in [2.24, 2.45) is 0 Å². The molecule has 0 aromatic carbocycles. The van der Waals surface area contributed by atoms with Crippen LogP contribution in [-0.2, 0) is 28.6 Å². The monoisotopic (exact) mass is 1060 g/mol. The molecular formula is C70H120O6. The Labute approximate surface area is 470 Å². The Balaban J connectivity index is 4.20. The molecule has 0 N–H and O–H groups in total. The number of unbranched alkanes of at least 4 members (excludes halogenated alkanes) is 31. The van der Waals surface area contributed by atoms with Gasteiger partial charge < -0.3 is 14.2 Å². The molecule has 0 saturated carbocycles. The number of carbonyl (C=O) groups is 3. The highest BCUT2D eigenvalue weighted by Crippen LogP contribution is 2.16. The van der Waals surface area contributed by atoms with E-state index >= 15 is 0 Å². The molecule has 0 aliphatic heterocycles. The summed E-state index contributed by atoms with van der Waals surface area (Å²) in [6.07, 6.45) is 85.7. The minimum absolute atomic E-state index is 0.0809. The number of esters is 3. The van der Waals surface area contributed by atoms with Gasteiger partial charge >= 0.3 is 17.9 Å². The quantitative estimate of drug-likeness (QED) is 0.0261. The summed E-state index contributed by atoms with van der Waals surface area (Å²) in [5, 5.41) is 0. The number of hydrogen-bond acceptors (Lipinski definition) is 6. The third kappa shape index (κ3) is 61.2. The summed E-state index contributed by atoms with van der Waals surface area (Å²) in [6.45, 7) is 6.45. The molecule has 6 nitrogen and oxygen atoms in total. The van der Waals surface area contributed by atoms with E-state index in [0.29, 0.717) is 19.3 Å². The lowest BCUT2D eigenvalue weighted by molar-refractivity contribution is -0.167. The summed E-state index contributed by atoms with van der Waals surface area (Å²) in [4.78, 5) is 38.2. The summed E-state index contributed by atoms with van der Waals surface area (Å²) in [7, 11) is 0. The molecule has 0 saturated heterocycles. The molecule has 76 heavy (non-hydrogen) atoms. The number of hydrogen-bond donors (Lipinski definition) is 0. The van der Waals surface area contributed by atoms with Crippen molar-refractivity contribution in [1.29, 1.82) is 0 Å². The molecular weight excluding hydrogens is 937 g/mol. The average molecular weight is 1060 g/mol. The van der Waals surface area contributed by atoms with E-state index in [1.54, 1.807) is 0 Å². The van der Waals surface area contributed by atoms with E-state index in [-0.39, 0.29) is 31.1 Å². The van der Waals surface area contributed by atoms with Gasteiger partial charge in [0.25, 0.3) is 0 Å². The second-order valence-corrected chi connectivity index (χ2v) is 21.3. The molecule has 0 radical (unpaired) electrons. The SMILES string of the molecule is CC/C=C\C/C=C\C/C=C\C/C=C\C/C=C\CCCCCCCCCCCCCCCC(=O)OCC(COC(=O)CCCCCCC/C=C\CCC)OC(=O)CCCCCCCCCCC/C=C\C/C=C\CCCCC. The maximum atomic E-state index is 12.9. The molecule has 6 heteroatoms. The van der Waals surface area contributed by atoms with Crippen molar-refractivity contribution in [3.63, 3.8) is 0 Å². The van der Waals surface area contributed by atoms with Crippen molar-refractivity contribution < 1.29 is 28.6 Å². The van der Waals surface area contributed by atoms with E-state index in [9.17, 15) is 14.4 Å². The van der Waals surface area contributed by atoms with Gasteiger partial charge in [0.05, 0.1) is 0 Å². The first kappa shape index (κ1) is 72.3. The zero-order valence-electron chi connectivity index (χ0n) is 50.0. The second-order valence-electron chi connectivity index (χ2n) is 21.3. The Hall–Kier alpha value is -3.67. The van der Waals surface area contributed by atoms with Gasteiger partial charge in [-0.2, -0.15) is 0 Å². The summed E-state index contributed by atoms with van der Waals surface area (Å²) >= 11 is 0. The van der Waals surface area contributed by atoms with E-state index in [4.69, 9.17) is 14.2 Å². The van der Waals surface area contributed by atoms with Crippen LogP contribution in [0.15, 0.2) is 97.2 Å². The van der Waals surface area contributed by atoms with E-state index < -0.39 is 6.10 Å². The molecule has 0 spiro atoms. The van der Waals surface area contributed by atoms with Gasteiger partial charge in [-0.1, -0.05) is 272 Å². The van der Waals surface area contributed by atoms with Crippen LogP contribution >= 0.6 is 0 Å². The molecule has 1 unspecified atom stereocenters. The minimum Gasteiger partial charge on any atom is -0.462 e. The van der Waals surface area contributed by atoms with Gasteiger partial charge in [0, 0.05) is 19.3 Å². The summed E-state index contributed by atoms with van der Waals surface area (Å²) < 4.78 is 16.9. The molecule has 0 heterocycles. The van der Waals surface area contributed by atoms with Gasteiger partial charge in [-0.15, -0.1) is 0 Å². The molecule has 436 valence electrons. The maximum Gasteiger partial charge on any atom is 0.306 e.